The van der Waals surface area contributed by atoms with Gasteiger partial charge in [0.15, 0.2) is 6.10 Å². The summed E-state index contributed by atoms with van der Waals surface area (Å²) in [5.41, 5.74) is 0. The maximum Gasteiger partial charge on any atom is 0.306 e. The molecule has 0 saturated heterocycles. The molecule has 0 rings (SSSR count). The summed E-state index contributed by atoms with van der Waals surface area (Å²) in [6.07, 6.45) is 54.2. The number of esters is 3. The summed E-state index contributed by atoms with van der Waals surface area (Å²) in [4.78, 5) is 37.7. The molecule has 0 aliphatic rings. The van der Waals surface area contributed by atoms with Crippen molar-refractivity contribution in [2.24, 2.45) is 0 Å². The Balaban J connectivity index is 4.25. The zero-order chi connectivity index (χ0) is 42.3. The molecule has 0 heterocycles. The highest BCUT2D eigenvalue weighted by Crippen LogP contribution is 2.14. The van der Waals surface area contributed by atoms with Gasteiger partial charge in [-0.1, -0.05) is 198 Å². The smallest absolute Gasteiger partial charge is 0.306 e. The fraction of sp³-hybridized carbons (Fsp3) is 0.827. The summed E-state index contributed by atoms with van der Waals surface area (Å²) in [7, 11) is 0. The Morgan fingerprint density at radius 1 is 0.345 bits per heavy atom. The van der Waals surface area contributed by atoms with Crippen LogP contribution in [0.5, 0.6) is 0 Å². The van der Waals surface area contributed by atoms with Crippen LogP contribution in [0.4, 0.5) is 0 Å². The van der Waals surface area contributed by atoms with Gasteiger partial charge < -0.3 is 14.2 Å². The van der Waals surface area contributed by atoms with Crippen molar-refractivity contribution in [3.8, 4) is 0 Å². The van der Waals surface area contributed by atoms with Crippen LogP contribution in [0.3, 0.4) is 0 Å². The molecule has 0 fully saturated rings. The molecular formula is C52H94O6. The van der Waals surface area contributed by atoms with Crippen LogP contribution in [0.2, 0.25) is 0 Å². The van der Waals surface area contributed by atoms with Gasteiger partial charge in [0, 0.05) is 19.3 Å². The van der Waals surface area contributed by atoms with E-state index in [4.69, 9.17) is 14.2 Å². The van der Waals surface area contributed by atoms with Crippen LogP contribution in [0.25, 0.3) is 0 Å². The third-order valence-corrected chi connectivity index (χ3v) is 10.9. The number of unbranched alkanes of at least 4 members (excludes halogenated alkanes) is 28. The second-order valence-corrected chi connectivity index (χ2v) is 16.7. The molecule has 0 radical (unpaired) electrons. The Morgan fingerprint density at radius 3 is 1.00 bits per heavy atom. The Morgan fingerprint density at radius 2 is 0.621 bits per heavy atom. The molecule has 1 unspecified atom stereocenters. The number of carbonyl (C=O) groups excluding carboxylic acids is 3. The van der Waals surface area contributed by atoms with E-state index in [1.165, 1.54) is 148 Å². The minimum absolute atomic E-state index is 0.0752. The number of carbonyl (C=O) groups is 3. The van der Waals surface area contributed by atoms with Crippen LogP contribution in [-0.4, -0.2) is 37.2 Å². The van der Waals surface area contributed by atoms with E-state index in [1.54, 1.807) is 0 Å². The average molecular weight is 815 g/mol. The van der Waals surface area contributed by atoms with Crippen LogP contribution < -0.4 is 0 Å². The van der Waals surface area contributed by atoms with Crippen molar-refractivity contribution in [1.29, 1.82) is 0 Å². The molecule has 0 aliphatic carbocycles. The Labute approximate surface area is 359 Å². The van der Waals surface area contributed by atoms with Gasteiger partial charge in [-0.15, -0.1) is 0 Å². The Bertz CT molecular complexity index is 984. The fourth-order valence-corrected chi connectivity index (χ4v) is 7.05. The van der Waals surface area contributed by atoms with Crippen molar-refractivity contribution in [2.75, 3.05) is 13.2 Å². The van der Waals surface area contributed by atoms with Crippen molar-refractivity contribution in [1.82, 2.24) is 0 Å². The van der Waals surface area contributed by atoms with Gasteiger partial charge in [-0.3, -0.25) is 14.4 Å². The zero-order valence-electron chi connectivity index (χ0n) is 38.6. The predicted octanol–water partition coefficient (Wildman–Crippen LogP) is 16.1. The summed E-state index contributed by atoms with van der Waals surface area (Å²) in [5, 5.41) is 0. The van der Waals surface area contributed by atoms with Crippen molar-refractivity contribution in [3.05, 3.63) is 36.5 Å². The quantitative estimate of drug-likeness (QED) is 0.0264. The van der Waals surface area contributed by atoms with Gasteiger partial charge in [0.1, 0.15) is 13.2 Å². The third kappa shape index (κ3) is 44.7. The third-order valence-electron chi connectivity index (χ3n) is 10.9. The number of hydrogen-bond acceptors (Lipinski definition) is 6. The molecule has 0 spiro atoms. The lowest BCUT2D eigenvalue weighted by Gasteiger charge is -2.18. The minimum atomic E-state index is -0.772. The van der Waals surface area contributed by atoms with Crippen molar-refractivity contribution in [3.63, 3.8) is 0 Å². The van der Waals surface area contributed by atoms with Crippen LogP contribution in [-0.2, 0) is 28.6 Å². The topological polar surface area (TPSA) is 78.9 Å². The summed E-state index contributed by atoms with van der Waals surface area (Å²) in [5.74, 6) is -0.888. The number of ether oxygens (including phenoxy) is 3. The summed E-state index contributed by atoms with van der Waals surface area (Å²) in [6, 6.07) is 0. The van der Waals surface area contributed by atoms with E-state index in [9.17, 15) is 14.4 Å². The van der Waals surface area contributed by atoms with E-state index in [1.807, 2.05) is 0 Å². The molecule has 0 aromatic rings. The van der Waals surface area contributed by atoms with E-state index in [-0.39, 0.29) is 31.1 Å². The van der Waals surface area contributed by atoms with Gasteiger partial charge in [-0.2, -0.15) is 0 Å². The Kier molecular flexibility index (Phi) is 45.4. The SMILES string of the molecule is CCCCC/C=C\C/C=C\CCCCCCCCCCCC(=O)OCC(COC(=O)CCCCCCCCC)OC(=O)CCCCCCC/C=C\CCCCCCC. The first kappa shape index (κ1) is 55.6. The van der Waals surface area contributed by atoms with E-state index in [0.29, 0.717) is 19.3 Å². The van der Waals surface area contributed by atoms with Crippen LogP contribution in [0.1, 0.15) is 258 Å². The lowest BCUT2D eigenvalue weighted by molar-refractivity contribution is -0.167. The molecule has 0 aromatic carbocycles. The molecule has 338 valence electrons. The van der Waals surface area contributed by atoms with Crippen LogP contribution >= 0.6 is 0 Å². The van der Waals surface area contributed by atoms with E-state index >= 15 is 0 Å². The summed E-state index contributed by atoms with van der Waals surface area (Å²) in [6.45, 7) is 6.56. The van der Waals surface area contributed by atoms with Gasteiger partial charge in [0.2, 0.25) is 0 Å². The number of rotatable bonds is 45. The van der Waals surface area contributed by atoms with E-state index in [0.717, 1.165) is 70.6 Å². The molecule has 0 saturated carbocycles. The van der Waals surface area contributed by atoms with Gasteiger partial charge in [-0.25, -0.2) is 0 Å². The van der Waals surface area contributed by atoms with E-state index < -0.39 is 6.10 Å². The largest absolute Gasteiger partial charge is 0.462 e. The van der Waals surface area contributed by atoms with E-state index in [2.05, 4.69) is 57.2 Å². The highest BCUT2D eigenvalue weighted by atomic mass is 16.6. The first-order chi connectivity index (χ1) is 28.5. The second-order valence-electron chi connectivity index (χ2n) is 16.7. The molecule has 6 nitrogen and oxygen atoms in total. The van der Waals surface area contributed by atoms with Gasteiger partial charge >= 0.3 is 17.9 Å². The van der Waals surface area contributed by atoms with Crippen molar-refractivity contribution >= 4 is 17.9 Å². The van der Waals surface area contributed by atoms with Gasteiger partial charge in [0.05, 0.1) is 0 Å². The molecular weight excluding hydrogens is 721 g/mol. The lowest BCUT2D eigenvalue weighted by atomic mass is 10.1. The number of allylic oxidation sites excluding steroid dienone is 6. The summed E-state index contributed by atoms with van der Waals surface area (Å²) < 4.78 is 16.7. The zero-order valence-corrected chi connectivity index (χ0v) is 38.6. The molecule has 58 heavy (non-hydrogen) atoms. The monoisotopic (exact) mass is 815 g/mol. The normalized spacial score (nSPS) is 12.3. The van der Waals surface area contributed by atoms with Crippen LogP contribution in [0.15, 0.2) is 36.5 Å². The predicted molar refractivity (Wildman–Crippen MR) is 247 cm³/mol. The second kappa shape index (κ2) is 47.3. The maximum atomic E-state index is 12.7. The molecule has 1 atom stereocenters. The molecule has 0 aromatic heterocycles. The average Bonchev–Trinajstić information content (AvgIpc) is 3.22. The number of hydrogen-bond donors (Lipinski definition) is 0. The van der Waals surface area contributed by atoms with Gasteiger partial charge in [-0.05, 0) is 77.0 Å². The molecule has 0 amide bonds. The van der Waals surface area contributed by atoms with Crippen LogP contribution in [0, 0.1) is 0 Å². The standard InChI is InChI=1S/C52H94O6/c1-4-7-10-13-16-18-20-22-24-25-26-27-28-30-31-33-36-39-42-45-51(54)57-48-49(47-56-50(53)44-41-38-35-15-12-9-6-3)58-52(55)46-43-40-37-34-32-29-23-21-19-17-14-11-8-5-2/h16,18,21-24,49H,4-15,17,19-20,25-48H2,1-3H3/b18-16-,23-21-,24-22-. The van der Waals surface area contributed by atoms with Gasteiger partial charge in [0.25, 0.3) is 0 Å². The fourth-order valence-electron chi connectivity index (χ4n) is 7.05. The molecule has 6 heteroatoms. The first-order valence-electron chi connectivity index (χ1n) is 25.0. The Hall–Kier alpha value is -2.37. The molecule has 0 aliphatic heterocycles. The lowest BCUT2D eigenvalue weighted by Crippen LogP contribution is -2.30. The maximum absolute atomic E-state index is 12.7. The van der Waals surface area contributed by atoms with Crippen molar-refractivity contribution in [2.45, 2.75) is 264 Å². The molecule has 0 bridgehead atoms. The highest BCUT2D eigenvalue weighted by molar-refractivity contribution is 5.71. The minimum Gasteiger partial charge on any atom is -0.462 e. The highest BCUT2D eigenvalue weighted by Gasteiger charge is 2.19. The molecule has 0 N–H and O–H groups in total. The van der Waals surface area contributed by atoms with Crippen molar-refractivity contribution < 1.29 is 28.6 Å². The first-order valence-corrected chi connectivity index (χ1v) is 25.0. The summed E-state index contributed by atoms with van der Waals surface area (Å²) >= 11 is 0.